The zero-order valence-electron chi connectivity index (χ0n) is 35.3. The van der Waals surface area contributed by atoms with Crippen molar-refractivity contribution in [2.24, 2.45) is 0 Å². The van der Waals surface area contributed by atoms with Gasteiger partial charge >= 0.3 is 6.18 Å². The summed E-state index contributed by atoms with van der Waals surface area (Å²) in [6, 6.07) is 30.1. The number of hydrogen-bond acceptors (Lipinski definition) is 10. The number of carbonyl (C=O) groups excluding carboxylic acids is 1. The molecule has 17 heteroatoms. The average Bonchev–Trinajstić information content (AvgIpc) is 3.99. The van der Waals surface area contributed by atoms with Crippen molar-refractivity contribution in [1.82, 2.24) is 40.2 Å². The molecule has 5 heterocycles. The van der Waals surface area contributed by atoms with E-state index in [-0.39, 0.29) is 36.5 Å². The van der Waals surface area contributed by atoms with Gasteiger partial charge in [-0.05, 0) is 67.8 Å². The molecule has 0 atom stereocenters. The standard InChI is InChI=1S/C47H45F4N9O4/c1-30-22-36(14-16-39(30)60-27-34(25-54-60)43(61)53-26-40-55-45(58-57-40)46(2,3)47(49,50)51)64-35-18-20-59(21-19-35)42-38(48)23-33(24-52-42)37-15-17-41(62-28-31-10-6-4-7-11-31)56-44(37)63-29-32-12-8-5-9-13-32/h4-17,22-25,27,35H,18-21,26,28-29H2,1-3H3,(H,53,61)(H,55,57,58). The third-order valence-corrected chi connectivity index (χ3v) is 10.9. The van der Waals surface area contributed by atoms with Crippen molar-refractivity contribution in [1.29, 1.82) is 0 Å². The van der Waals surface area contributed by atoms with E-state index < -0.39 is 29.1 Å². The summed E-state index contributed by atoms with van der Waals surface area (Å²) in [4.78, 5) is 27.9. The molecule has 0 bridgehead atoms. The Labute approximate surface area is 366 Å². The van der Waals surface area contributed by atoms with Gasteiger partial charge in [-0.3, -0.25) is 9.89 Å². The molecule has 7 aromatic rings. The number of H-pyrrole nitrogens is 1. The van der Waals surface area contributed by atoms with Crippen LogP contribution in [0.15, 0.2) is 116 Å². The zero-order chi connectivity index (χ0) is 44.8. The fourth-order valence-corrected chi connectivity index (χ4v) is 7.06. The molecule has 1 fully saturated rings. The van der Waals surface area contributed by atoms with Crippen molar-refractivity contribution in [2.75, 3.05) is 18.0 Å². The number of rotatable bonds is 15. The van der Waals surface area contributed by atoms with Crippen LogP contribution in [0, 0.1) is 12.7 Å². The average molecular weight is 876 g/mol. The lowest BCUT2D eigenvalue weighted by atomic mass is 9.92. The van der Waals surface area contributed by atoms with Gasteiger partial charge in [0.2, 0.25) is 11.8 Å². The van der Waals surface area contributed by atoms with E-state index in [0.29, 0.717) is 61.2 Å². The summed E-state index contributed by atoms with van der Waals surface area (Å²) in [5.74, 6) is 0.335. The van der Waals surface area contributed by atoms with E-state index in [2.05, 4.69) is 35.6 Å². The topological polar surface area (TPSA) is 145 Å². The van der Waals surface area contributed by atoms with Crippen molar-refractivity contribution in [3.05, 3.63) is 155 Å². The summed E-state index contributed by atoms with van der Waals surface area (Å²) in [7, 11) is 0. The van der Waals surface area contributed by atoms with E-state index in [1.807, 2.05) is 90.7 Å². The first-order valence-electron chi connectivity index (χ1n) is 20.6. The van der Waals surface area contributed by atoms with Crippen molar-refractivity contribution in [3.8, 4) is 34.3 Å². The number of nitrogens with zero attached hydrogens (tertiary/aromatic N) is 7. The Hall–Kier alpha value is -7.30. The van der Waals surface area contributed by atoms with Crippen molar-refractivity contribution >= 4 is 11.7 Å². The molecule has 13 nitrogen and oxygen atoms in total. The highest BCUT2D eigenvalue weighted by atomic mass is 19.4. The van der Waals surface area contributed by atoms with Gasteiger partial charge in [0, 0.05) is 55.5 Å². The van der Waals surface area contributed by atoms with Crippen LogP contribution in [0.2, 0.25) is 0 Å². The molecule has 1 saturated heterocycles. The maximum atomic E-state index is 15.9. The molecule has 4 aromatic heterocycles. The van der Waals surface area contributed by atoms with Crippen LogP contribution in [-0.2, 0) is 25.2 Å². The highest BCUT2D eigenvalue weighted by molar-refractivity contribution is 5.93. The number of halogens is 4. The number of alkyl halides is 3. The molecule has 1 aliphatic heterocycles. The SMILES string of the molecule is Cc1cc(OC2CCN(c3ncc(-c4ccc(OCc5ccccc5)nc4OCc4ccccc4)cc3F)CC2)ccc1-n1cc(C(=O)NCc2nc(C(C)(C)C(F)(F)F)n[nH]2)cn1. The first kappa shape index (κ1) is 43.4. The van der Waals surface area contributed by atoms with Gasteiger partial charge in [-0.25, -0.2) is 19.0 Å². The second-order valence-electron chi connectivity index (χ2n) is 15.9. The lowest BCUT2D eigenvalue weighted by Crippen LogP contribution is -2.39. The number of amides is 1. The van der Waals surface area contributed by atoms with Gasteiger partial charge in [-0.15, -0.1) is 0 Å². The van der Waals surface area contributed by atoms with Gasteiger partial charge in [-0.2, -0.15) is 28.4 Å². The van der Waals surface area contributed by atoms with Gasteiger partial charge in [0.05, 0.1) is 24.0 Å². The number of piperidine rings is 1. The molecule has 8 rings (SSSR count). The van der Waals surface area contributed by atoms with Crippen molar-refractivity contribution in [2.45, 2.75) is 71.1 Å². The van der Waals surface area contributed by atoms with Crippen LogP contribution in [0.5, 0.6) is 17.5 Å². The predicted octanol–water partition coefficient (Wildman–Crippen LogP) is 8.87. The van der Waals surface area contributed by atoms with Crippen LogP contribution in [0.1, 0.15) is 65.4 Å². The predicted molar refractivity (Wildman–Crippen MR) is 230 cm³/mol. The number of benzene rings is 3. The lowest BCUT2D eigenvalue weighted by molar-refractivity contribution is -0.182. The minimum Gasteiger partial charge on any atom is -0.490 e. The number of hydrogen-bond donors (Lipinski definition) is 2. The summed E-state index contributed by atoms with van der Waals surface area (Å²) in [6.07, 6.45) is 1.22. The Morgan fingerprint density at radius 3 is 2.25 bits per heavy atom. The fourth-order valence-electron chi connectivity index (χ4n) is 7.06. The first-order valence-corrected chi connectivity index (χ1v) is 20.6. The smallest absolute Gasteiger partial charge is 0.401 e. The molecule has 1 aliphatic rings. The van der Waals surface area contributed by atoms with Gasteiger partial charge < -0.3 is 24.4 Å². The summed E-state index contributed by atoms with van der Waals surface area (Å²) in [5, 5.41) is 13.1. The zero-order valence-corrected chi connectivity index (χ0v) is 35.3. The van der Waals surface area contributed by atoms with E-state index >= 15 is 4.39 Å². The first-order chi connectivity index (χ1) is 30.8. The number of aryl methyl sites for hydroxylation is 1. The number of aromatic nitrogens is 7. The van der Waals surface area contributed by atoms with Gasteiger partial charge in [0.25, 0.3) is 5.91 Å². The molecule has 0 aliphatic carbocycles. The number of anilines is 1. The van der Waals surface area contributed by atoms with Gasteiger partial charge in [-0.1, -0.05) is 60.7 Å². The Morgan fingerprint density at radius 2 is 1.58 bits per heavy atom. The van der Waals surface area contributed by atoms with E-state index in [1.165, 1.54) is 12.3 Å². The van der Waals surface area contributed by atoms with Crippen molar-refractivity contribution in [3.63, 3.8) is 0 Å². The van der Waals surface area contributed by atoms with Crippen LogP contribution < -0.4 is 24.4 Å². The number of carbonyl (C=O) groups is 1. The minimum absolute atomic E-state index is 0.0878. The highest BCUT2D eigenvalue weighted by Gasteiger charge is 2.51. The fraction of sp³-hybridized carbons (Fsp3) is 0.277. The number of ether oxygens (including phenoxy) is 3. The summed E-state index contributed by atoms with van der Waals surface area (Å²) in [6.45, 7) is 5.39. The van der Waals surface area contributed by atoms with E-state index in [0.717, 1.165) is 36.2 Å². The molecule has 0 spiro atoms. The monoisotopic (exact) mass is 875 g/mol. The summed E-state index contributed by atoms with van der Waals surface area (Å²) in [5.41, 5.74) is 2.62. The molecule has 64 heavy (non-hydrogen) atoms. The second kappa shape index (κ2) is 18.6. The third kappa shape index (κ3) is 9.98. The largest absolute Gasteiger partial charge is 0.490 e. The molecule has 0 radical (unpaired) electrons. The maximum absolute atomic E-state index is 15.9. The molecule has 0 unspecified atom stereocenters. The molecular formula is C47H45F4N9O4. The van der Waals surface area contributed by atoms with Crippen molar-refractivity contribution < 1.29 is 36.6 Å². The summed E-state index contributed by atoms with van der Waals surface area (Å²) < 4.78 is 76.1. The van der Waals surface area contributed by atoms with Gasteiger partial charge in [0.15, 0.2) is 17.5 Å². The van der Waals surface area contributed by atoms with Crippen LogP contribution >= 0.6 is 0 Å². The van der Waals surface area contributed by atoms with Crippen LogP contribution in [-0.4, -0.2) is 66.2 Å². The molecule has 330 valence electrons. The Morgan fingerprint density at radius 1 is 0.875 bits per heavy atom. The highest BCUT2D eigenvalue weighted by Crippen LogP contribution is 2.39. The second-order valence-corrected chi connectivity index (χ2v) is 15.9. The van der Waals surface area contributed by atoms with Crippen LogP contribution in [0.25, 0.3) is 16.8 Å². The molecule has 0 saturated carbocycles. The summed E-state index contributed by atoms with van der Waals surface area (Å²) >= 11 is 0. The number of pyridine rings is 2. The van der Waals surface area contributed by atoms with E-state index in [9.17, 15) is 18.0 Å². The van der Waals surface area contributed by atoms with E-state index in [4.69, 9.17) is 14.2 Å². The van der Waals surface area contributed by atoms with Crippen LogP contribution in [0.3, 0.4) is 0 Å². The normalized spacial score (nSPS) is 13.5. The van der Waals surface area contributed by atoms with Gasteiger partial charge in [0.1, 0.15) is 36.3 Å². The van der Waals surface area contributed by atoms with E-state index in [1.54, 1.807) is 29.2 Å². The minimum atomic E-state index is -4.54. The molecule has 3 aromatic carbocycles. The quantitative estimate of drug-likeness (QED) is 0.0959. The third-order valence-electron chi connectivity index (χ3n) is 10.9. The molecular weight excluding hydrogens is 831 g/mol. The number of aromatic amines is 1. The Bertz CT molecular complexity index is 2700. The maximum Gasteiger partial charge on any atom is 0.401 e. The Balaban J connectivity index is 0.860. The Kier molecular flexibility index (Phi) is 12.6. The van der Waals surface area contributed by atoms with Crippen LogP contribution in [0.4, 0.5) is 23.4 Å². The lowest BCUT2D eigenvalue weighted by Gasteiger charge is -2.33. The number of nitrogens with one attached hydrogen (secondary N) is 2. The molecule has 1 amide bonds. The molecule has 2 N–H and O–H groups in total.